The van der Waals surface area contributed by atoms with Crippen molar-refractivity contribution in [2.75, 3.05) is 16.8 Å². The molecule has 1 atom stereocenters. The lowest BCUT2D eigenvalue weighted by Crippen LogP contribution is -2.48. The van der Waals surface area contributed by atoms with Gasteiger partial charge in [-0.15, -0.1) is 13.2 Å². The molecule has 0 saturated heterocycles. The van der Waals surface area contributed by atoms with Crippen LogP contribution in [0.2, 0.25) is 0 Å². The molecule has 2 aromatic rings. The zero-order valence-corrected chi connectivity index (χ0v) is 15.7. The van der Waals surface area contributed by atoms with Crippen molar-refractivity contribution in [1.82, 2.24) is 10.3 Å². The number of hydrogen-bond donors (Lipinski definition) is 2. The average molecular weight is 408 g/mol. The molecule has 1 aromatic heterocycles. The van der Waals surface area contributed by atoms with E-state index >= 15 is 0 Å². The third-order valence-electron chi connectivity index (χ3n) is 4.43. The largest absolute Gasteiger partial charge is 0.573 e. The molecule has 2 N–H and O–H groups in total. The van der Waals surface area contributed by atoms with Crippen molar-refractivity contribution in [3.05, 3.63) is 47.7 Å². The van der Waals surface area contributed by atoms with Crippen LogP contribution in [0, 0.1) is 6.92 Å². The second-order valence-corrected chi connectivity index (χ2v) is 6.49. The molecule has 0 aliphatic carbocycles. The number of ether oxygens (including phenoxy) is 1. The number of pyridine rings is 1. The highest BCUT2D eigenvalue weighted by Crippen LogP contribution is 2.31. The molecule has 7 nitrogen and oxygen atoms in total. The normalized spacial score (nSPS) is 14.7. The Kier molecular flexibility index (Phi) is 5.62. The first-order valence-corrected chi connectivity index (χ1v) is 8.87. The minimum absolute atomic E-state index is 0.190. The van der Waals surface area contributed by atoms with Gasteiger partial charge in [0.15, 0.2) is 5.82 Å². The van der Waals surface area contributed by atoms with Gasteiger partial charge >= 0.3 is 12.4 Å². The van der Waals surface area contributed by atoms with Gasteiger partial charge in [0.05, 0.1) is 11.7 Å². The van der Waals surface area contributed by atoms with E-state index in [-0.39, 0.29) is 18.2 Å². The van der Waals surface area contributed by atoms with Crippen LogP contribution in [0.15, 0.2) is 36.5 Å². The Hall–Kier alpha value is -3.30. The number of rotatable bonds is 4. The Morgan fingerprint density at radius 2 is 2.00 bits per heavy atom. The molecular weight excluding hydrogens is 389 g/mol. The summed E-state index contributed by atoms with van der Waals surface area (Å²) in [4.78, 5) is 30.3. The highest BCUT2D eigenvalue weighted by molar-refractivity contribution is 6.09. The number of carbonyl (C=O) groups is 2. The summed E-state index contributed by atoms with van der Waals surface area (Å²) >= 11 is 0. The first-order valence-electron chi connectivity index (χ1n) is 8.87. The van der Waals surface area contributed by atoms with Crippen molar-refractivity contribution >= 4 is 23.4 Å². The molecule has 1 aromatic carbocycles. The summed E-state index contributed by atoms with van der Waals surface area (Å²) in [6, 6.07) is 6.00. The number of aromatic nitrogens is 1. The summed E-state index contributed by atoms with van der Waals surface area (Å²) in [6.07, 6.45) is -2.74. The van der Waals surface area contributed by atoms with E-state index in [0.29, 0.717) is 23.5 Å². The summed E-state index contributed by atoms with van der Waals surface area (Å²) in [6.45, 7) is 3.43. The first kappa shape index (κ1) is 20.4. The lowest BCUT2D eigenvalue weighted by molar-refractivity contribution is -0.274. The molecule has 0 radical (unpaired) electrons. The van der Waals surface area contributed by atoms with Crippen LogP contribution in [0.1, 0.15) is 30.5 Å². The Morgan fingerprint density at radius 1 is 1.31 bits per heavy atom. The lowest BCUT2D eigenvalue weighted by atomic mass is 10.0. The maximum absolute atomic E-state index is 12.8. The number of nitrogens with one attached hydrogen (secondary N) is 2. The summed E-state index contributed by atoms with van der Waals surface area (Å²) < 4.78 is 40.8. The molecule has 10 heteroatoms. The van der Waals surface area contributed by atoms with Gasteiger partial charge in [-0.3, -0.25) is 9.69 Å². The van der Waals surface area contributed by atoms with Crippen molar-refractivity contribution in [3.63, 3.8) is 0 Å². The molecule has 1 aliphatic heterocycles. The highest BCUT2D eigenvalue weighted by atomic mass is 19.4. The highest BCUT2D eigenvalue weighted by Gasteiger charge is 2.32. The van der Waals surface area contributed by atoms with Crippen molar-refractivity contribution < 1.29 is 27.5 Å². The van der Waals surface area contributed by atoms with Gasteiger partial charge < -0.3 is 15.4 Å². The van der Waals surface area contributed by atoms with Crippen molar-refractivity contribution in [3.8, 4) is 5.75 Å². The third kappa shape index (κ3) is 4.76. The second-order valence-electron chi connectivity index (χ2n) is 6.49. The number of urea groups is 1. The topological polar surface area (TPSA) is 83.6 Å². The number of aryl methyl sites for hydroxylation is 1. The summed E-state index contributed by atoms with van der Waals surface area (Å²) in [7, 11) is 0. The number of carbonyl (C=O) groups excluding carboxylic acids is 2. The smallest absolute Gasteiger partial charge is 0.406 e. The Morgan fingerprint density at radius 3 is 2.62 bits per heavy atom. The van der Waals surface area contributed by atoms with Crippen LogP contribution in [-0.2, 0) is 4.79 Å². The molecule has 0 bridgehead atoms. The number of benzene rings is 1. The van der Waals surface area contributed by atoms with Crippen molar-refractivity contribution in [1.29, 1.82) is 0 Å². The van der Waals surface area contributed by atoms with Crippen molar-refractivity contribution in [2.45, 2.75) is 32.7 Å². The van der Waals surface area contributed by atoms with Gasteiger partial charge in [0.1, 0.15) is 12.3 Å². The number of nitrogens with zero attached hydrogens (tertiary/aromatic N) is 2. The molecule has 0 spiro atoms. The standard InChI is InChI=1S/C19H19F3N4O3/c1-3-14(12-4-6-13(7-5-12)29-19(20,21)22)24-18(28)26-10-15(27)25-16-11(2)8-9-23-17(16)26/h4-9,14H,3,10H2,1-2H3,(H,24,28)(H,25,27). The van der Waals surface area contributed by atoms with E-state index in [1.165, 1.54) is 29.2 Å². The minimum atomic E-state index is -4.77. The molecule has 154 valence electrons. The maximum Gasteiger partial charge on any atom is 0.573 e. The van der Waals surface area contributed by atoms with E-state index < -0.39 is 18.4 Å². The third-order valence-corrected chi connectivity index (χ3v) is 4.43. The molecule has 0 fully saturated rings. The Labute approximate surface area is 164 Å². The fourth-order valence-electron chi connectivity index (χ4n) is 3.02. The monoisotopic (exact) mass is 408 g/mol. The van der Waals surface area contributed by atoms with Gasteiger partial charge in [-0.2, -0.15) is 0 Å². The molecule has 1 unspecified atom stereocenters. The first-order chi connectivity index (χ1) is 13.7. The van der Waals surface area contributed by atoms with Crippen LogP contribution in [0.5, 0.6) is 5.75 Å². The van der Waals surface area contributed by atoms with E-state index in [0.717, 1.165) is 5.56 Å². The van der Waals surface area contributed by atoms with E-state index in [4.69, 9.17) is 0 Å². The van der Waals surface area contributed by atoms with Gasteiger partial charge in [0, 0.05) is 6.20 Å². The molecule has 3 amide bonds. The number of anilines is 2. The van der Waals surface area contributed by atoms with Gasteiger partial charge in [-0.1, -0.05) is 19.1 Å². The quantitative estimate of drug-likeness (QED) is 0.804. The molecule has 0 saturated carbocycles. The van der Waals surface area contributed by atoms with E-state index in [9.17, 15) is 22.8 Å². The van der Waals surface area contributed by atoms with Crippen LogP contribution >= 0.6 is 0 Å². The van der Waals surface area contributed by atoms with Gasteiger partial charge in [-0.25, -0.2) is 9.78 Å². The number of amides is 3. The predicted octanol–water partition coefficient (Wildman–Crippen LogP) is 3.91. The minimum Gasteiger partial charge on any atom is -0.406 e. The average Bonchev–Trinajstić information content (AvgIpc) is 2.65. The molecule has 29 heavy (non-hydrogen) atoms. The molecule has 1 aliphatic rings. The van der Waals surface area contributed by atoms with Crippen LogP contribution in [0.25, 0.3) is 0 Å². The predicted molar refractivity (Wildman–Crippen MR) is 99.6 cm³/mol. The summed E-state index contributed by atoms with van der Waals surface area (Å²) in [5.41, 5.74) is 1.85. The van der Waals surface area contributed by atoms with E-state index in [1.54, 1.807) is 19.2 Å². The zero-order chi connectivity index (χ0) is 21.2. The van der Waals surface area contributed by atoms with Gasteiger partial charge in [0.25, 0.3) is 0 Å². The maximum atomic E-state index is 12.8. The van der Waals surface area contributed by atoms with Crippen LogP contribution in [0.4, 0.5) is 29.5 Å². The van der Waals surface area contributed by atoms with E-state index in [2.05, 4.69) is 20.4 Å². The van der Waals surface area contributed by atoms with Gasteiger partial charge in [0.2, 0.25) is 5.91 Å². The fourth-order valence-corrected chi connectivity index (χ4v) is 3.02. The summed E-state index contributed by atoms with van der Waals surface area (Å²) in [5.74, 6) is -0.347. The van der Waals surface area contributed by atoms with Crippen LogP contribution in [0.3, 0.4) is 0 Å². The summed E-state index contributed by atoms with van der Waals surface area (Å²) in [5, 5.41) is 5.51. The van der Waals surface area contributed by atoms with Crippen molar-refractivity contribution in [2.24, 2.45) is 0 Å². The van der Waals surface area contributed by atoms with Gasteiger partial charge in [-0.05, 0) is 42.7 Å². The number of hydrogen-bond acceptors (Lipinski definition) is 4. The second kappa shape index (κ2) is 7.98. The SMILES string of the molecule is CCC(NC(=O)N1CC(=O)Nc2c(C)ccnc21)c1ccc(OC(F)(F)F)cc1. The Balaban J connectivity index is 1.77. The van der Waals surface area contributed by atoms with Crippen LogP contribution < -0.4 is 20.3 Å². The zero-order valence-electron chi connectivity index (χ0n) is 15.7. The van der Waals surface area contributed by atoms with E-state index in [1.807, 2.05) is 6.92 Å². The lowest BCUT2D eigenvalue weighted by Gasteiger charge is -2.30. The van der Waals surface area contributed by atoms with Crippen LogP contribution in [-0.4, -0.2) is 29.8 Å². The molecule has 2 heterocycles. The molecule has 3 rings (SSSR count). The number of fused-ring (bicyclic) bond motifs is 1. The Bertz CT molecular complexity index is 916. The fraction of sp³-hybridized carbons (Fsp3) is 0.316. The number of halogens is 3. The number of alkyl halides is 3. The molecular formula is C19H19F3N4O3.